The topological polar surface area (TPSA) is 58.1 Å². The van der Waals surface area contributed by atoms with Crippen molar-refractivity contribution >= 4 is 29.9 Å². The first-order chi connectivity index (χ1) is 15.6. The van der Waals surface area contributed by atoms with Crippen LogP contribution in [0.25, 0.3) is 0 Å². The monoisotopic (exact) mass is 566 g/mol. The van der Waals surface area contributed by atoms with E-state index in [1.54, 1.807) is 7.05 Å². The predicted octanol–water partition coefficient (Wildman–Crippen LogP) is 4.35. The molecule has 0 radical (unpaired) electrons. The molecular weight excluding hydrogens is 527 g/mol. The Kier molecular flexibility index (Phi) is 12.0. The van der Waals surface area contributed by atoms with Gasteiger partial charge in [0.15, 0.2) is 5.96 Å². The summed E-state index contributed by atoms with van der Waals surface area (Å²) in [6.45, 7) is 9.98. The molecule has 0 amide bonds. The molecule has 1 fully saturated rings. The smallest absolute Gasteiger partial charge is 0.191 e. The number of ether oxygens (including phenoxy) is 2. The molecule has 3 rings (SSSR count). The predicted molar refractivity (Wildman–Crippen MR) is 147 cm³/mol. The number of aryl methyl sites for hydroxylation is 1. The van der Waals surface area contributed by atoms with Crippen molar-refractivity contribution in [2.75, 3.05) is 40.5 Å². The van der Waals surface area contributed by atoms with Crippen LogP contribution in [0.2, 0.25) is 0 Å². The Hall–Kier alpha value is -1.84. The number of aliphatic imine (C=N–C) groups is 1. The van der Waals surface area contributed by atoms with Gasteiger partial charge in [-0.05, 0) is 49.7 Å². The van der Waals surface area contributed by atoms with Gasteiger partial charge in [-0.3, -0.25) is 4.99 Å². The van der Waals surface area contributed by atoms with E-state index in [1.165, 1.54) is 16.7 Å². The highest BCUT2D eigenvalue weighted by Crippen LogP contribution is 2.22. The Morgan fingerprint density at radius 3 is 2.67 bits per heavy atom. The molecular formula is C26H39IN4O2. The van der Waals surface area contributed by atoms with Crippen LogP contribution in [0.4, 0.5) is 0 Å². The average molecular weight is 567 g/mol. The second-order valence-electron chi connectivity index (χ2n) is 8.58. The van der Waals surface area contributed by atoms with E-state index < -0.39 is 0 Å². The molecule has 1 saturated heterocycles. The van der Waals surface area contributed by atoms with Crippen LogP contribution in [0, 0.1) is 12.8 Å². The van der Waals surface area contributed by atoms with Gasteiger partial charge in [0.25, 0.3) is 0 Å². The molecule has 2 N–H and O–H groups in total. The highest BCUT2D eigenvalue weighted by Gasteiger charge is 2.17. The lowest BCUT2D eigenvalue weighted by molar-refractivity contribution is 0.166. The van der Waals surface area contributed by atoms with E-state index in [2.05, 4.69) is 83.9 Å². The first-order valence-corrected chi connectivity index (χ1v) is 11.6. The number of rotatable bonds is 10. The summed E-state index contributed by atoms with van der Waals surface area (Å²) >= 11 is 0. The molecule has 1 aliphatic heterocycles. The van der Waals surface area contributed by atoms with Gasteiger partial charge in [0.05, 0.1) is 13.2 Å². The maximum atomic E-state index is 6.17. The molecule has 1 atom stereocenters. The summed E-state index contributed by atoms with van der Waals surface area (Å²) < 4.78 is 11.6. The third-order valence-corrected chi connectivity index (χ3v) is 5.83. The van der Waals surface area contributed by atoms with E-state index in [9.17, 15) is 0 Å². The average Bonchev–Trinajstić information content (AvgIpc) is 3.32. The fraction of sp³-hybridized carbons (Fsp3) is 0.500. The first kappa shape index (κ1) is 27.4. The zero-order valence-electron chi connectivity index (χ0n) is 20.4. The number of halogens is 1. The molecule has 33 heavy (non-hydrogen) atoms. The Morgan fingerprint density at radius 2 is 1.94 bits per heavy atom. The Balaban J connectivity index is 0.00000385. The van der Waals surface area contributed by atoms with Crippen LogP contribution in [0.1, 0.15) is 35.6 Å². The van der Waals surface area contributed by atoms with E-state index >= 15 is 0 Å². The fourth-order valence-electron chi connectivity index (χ4n) is 3.71. The summed E-state index contributed by atoms with van der Waals surface area (Å²) in [5.41, 5.74) is 4.89. The molecule has 1 heterocycles. The van der Waals surface area contributed by atoms with E-state index in [1.807, 2.05) is 0 Å². The lowest BCUT2D eigenvalue weighted by Crippen LogP contribution is -2.36. The number of hydrogen-bond donors (Lipinski definition) is 2. The van der Waals surface area contributed by atoms with Crippen LogP contribution in [0.5, 0.6) is 5.75 Å². The highest BCUT2D eigenvalue weighted by atomic mass is 127. The third-order valence-electron chi connectivity index (χ3n) is 5.83. The van der Waals surface area contributed by atoms with Crippen molar-refractivity contribution in [1.82, 2.24) is 15.5 Å². The largest absolute Gasteiger partial charge is 0.493 e. The van der Waals surface area contributed by atoms with E-state index in [0.717, 1.165) is 56.5 Å². The number of benzene rings is 2. The highest BCUT2D eigenvalue weighted by molar-refractivity contribution is 14.0. The molecule has 0 spiro atoms. The Bertz CT molecular complexity index is 884. The van der Waals surface area contributed by atoms with Crippen molar-refractivity contribution < 1.29 is 9.47 Å². The summed E-state index contributed by atoms with van der Waals surface area (Å²) in [4.78, 5) is 6.69. The van der Waals surface area contributed by atoms with Gasteiger partial charge in [0.1, 0.15) is 5.75 Å². The molecule has 6 nitrogen and oxygen atoms in total. The molecule has 0 aromatic heterocycles. The number of guanidine groups is 1. The van der Waals surface area contributed by atoms with Crippen LogP contribution < -0.4 is 15.4 Å². The lowest BCUT2D eigenvalue weighted by Gasteiger charge is -2.17. The van der Waals surface area contributed by atoms with Crippen molar-refractivity contribution in [2.45, 2.75) is 39.9 Å². The van der Waals surface area contributed by atoms with Gasteiger partial charge in [-0.2, -0.15) is 0 Å². The van der Waals surface area contributed by atoms with Crippen LogP contribution in [0.15, 0.2) is 47.5 Å². The summed E-state index contributed by atoms with van der Waals surface area (Å²) in [5, 5.41) is 6.85. The quantitative estimate of drug-likeness (QED) is 0.255. The maximum absolute atomic E-state index is 6.17. The molecule has 7 heteroatoms. The van der Waals surface area contributed by atoms with Crippen LogP contribution in [0.3, 0.4) is 0 Å². The molecule has 2 aromatic carbocycles. The molecule has 0 bridgehead atoms. The number of nitrogens with zero attached hydrogens (tertiary/aromatic N) is 2. The minimum atomic E-state index is 0. The summed E-state index contributed by atoms with van der Waals surface area (Å²) in [7, 11) is 3.94. The number of hydrogen-bond acceptors (Lipinski definition) is 4. The van der Waals surface area contributed by atoms with Crippen molar-refractivity contribution in [3.05, 3.63) is 64.7 Å². The standard InChI is InChI=1S/C26H38N4O2.HI/c1-5-30(4)17-22-8-6-7-21(14-22)15-28-26(27-3)29-16-24-10-9-20(2)13-25(24)32-19-23-11-12-31-18-23;/h6-10,13-14,23H,5,11-12,15-19H2,1-4H3,(H2,27,28,29);1H. The first-order valence-electron chi connectivity index (χ1n) is 11.6. The zero-order chi connectivity index (χ0) is 22.8. The van der Waals surface area contributed by atoms with Crippen LogP contribution in [-0.4, -0.2) is 51.3 Å². The van der Waals surface area contributed by atoms with Crippen molar-refractivity contribution in [2.24, 2.45) is 10.9 Å². The van der Waals surface area contributed by atoms with Crippen molar-refractivity contribution in [1.29, 1.82) is 0 Å². The minimum Gasteiger partial charge on any atom is -0.493 e. The van der Waals surface area contributed by atoms with Gasteiger partial charge in [0.2, 0.25) is 0 Å². The van der Waals surface area contributed by atoms with Crippen LogP contribution >= 0.6 is 24.0 Å². The second-order valence-corrected chi connectivity index (χ2v) is 8.58. The van der Waals surface area contributed by atoms with E-state index in [-0.39, 0.29) is 24.0 Å². The normalized spacial score (nSPS) is 15.9. The molecule has 0 aliphatic carbocycles. The maximum Gasteiger partial charge on any atom is 0.191 e. The fourth-order valence-corrected chi connectivity index (χ4v) is 3.71. The lowest BCUT2D eigenvalue weighted by atomic mass is 10.1. The summed E-state index contributed by atoms with van der Waals surface area (Å²) in [6.07, 6.45) is 1.08. The molecule has 1 aliphatic rings. The third kappa shape index (κ3) is 9.14. The molecule has 182 valence electrons. The van der Waals surface area contributed by atoms with Crippen molar-refractivity contribution in [3.63, 3.8) is 0 Å². The van der Waals surface area contributed by atoms with Gasteiger partial charge < -0.3 is 25.0 Å². The van der Waals surface area contributed by atoms with E-state index in [4.69, 9.17) is 9.47 Å². The Labute approximate surface area is 216 Å². The minimum absolute atomic E-state index is 0. The van der Waals surface area contributed by atoms with Gasteiger partial charge in [-0.25, -0.2) is 0 Å². The van der Waals surface area contributed by atoms with Gasteiger partial charge in [-0.15, -0.1) is 24.0 Å². The zero-order valence-corrected chi connectivity index (χ0v) is 22.7. The van der Waals surface area contributed by atoms with Gasteiger partial charge in [-0.1, -0.05) is 43.3 Å². The van der Waals surface area contributed by atoms with Crippen molar-refractivity contribution in [3.8, 4) is 5.75 Å². The SMILES string of the molecule is CCN(C)Cc1cccc(CNC(=NC)NCc2ccc(C)cc2OCC2CCOC2)c1.I. The second kappa shape index (κ2) is 14.4. The summed E-state index contributed by atoms with van der Waals surface area (Å²) in [6, 6.07) is 15.1. The van der Waals surface area contributed by atoms with Crippen LogP contribution in [-0.2, 0) is 24.4 Å². The Morgan fingerprint density at radius 1 is 1.15 bits per heavy atom. The molecule has 1 unspecified atom stereocenters. The number of nitrogens with one attached hydrogen (secondary N) is 2. The van der Waals surface area contributed by atoms with Gasteiger partial charge in [0, 0.05) is 44.8 Å². The molecule has 2 aromatic rings. The molecule has 0 saturated carbocycles. The van der Waals surface area contributed by atoms with E-state index in [0.29, 0.717) is 19.1 Å². The van der Waals surface area contributed by atoms with Gasteiger partial charge >= 0.3 is 0 Å². The summed E-state index contributed by atoms with van der Waals surface area (Å²) in [5.74, 6) is 2.20.